The van der Waals surface area contributed by atoms with Gasteiger partial charge in [0, 0.05) is 6.07 Å². The zero-order valence-corrected chi connectivity index (χ0v) is 9.83. The van der Waals surface area contributed by atoms with Crippen LogP contribution in [0.1, 0.15) is 18.6 Å². The van der Waals surface area contributed by atoms with Crippen molar-refractivity contribution in [2.24, 2.45) is 0 Å². The van der Waals surface area contributed by atoms with Gasteiger partial charge in [-0.1, -0.05) is 18.7 Å². The van der Waals surface area contributed by atoms with E-state index in [0.29, 0.717) is 0 Å². The maximum Gasteiger partial charge on any atom is 0.336 e. The lowest BCUT2D eigenvalue weighted by atomic mass is 10.0. The van der Waals surface area contributed by atoms with Crippen LogP contribution in [0.25, 0.3) is 0 Å². The standard InChI is InChI=1S/C12H13NO5/c1-3-18-12(15)8(2)11(14)9-6-4-5-7-10(9)13(16)17/h4-7,11,14H,2-3H2,1H3/t11-/m0/s1. The second-order valence-electron chi connectivity index (χ2n) is 3.46. The summed E-state index contributed by atoms with van der Waals surface area (Å²) in [5.74, 6) is -0.775. The van der Waals surface area contributed by atoms with Gasteiger partial charge < -0.3 is 9.84 Å². The van der Waals surface area contributed by atoms with Crippen LogP contribution in [0.15, 0.2) is 36.4 Å². The Hall–Kier alpha value is -2.21. The molecule has 0 aliphatic heterocycles. The highest BCUT2D eigenvalue weighted by molar-refractivity contribution is 5.89. The SMILES string of the molecule is C=C(C(=O)OCC)[C@H](O)c1ccccc1[N+](=O)[O-]. The van der Waals surface area contributed by atoms with Gasteiger partial charge in [0.1, 0.15) is 6.10 Å². The second-order valence-corrected chi connectivity index (χ2v) is 3.46. The van der Waals surface area contributed by atoms with E-state index in [1.54, 1.807) is 6.92 Å². The molecule has 0 saturated carbocycles. The first-order chi connectivity index (χ1) is 8.49. The number of nitro groups is 1. The van der Waals surface area contributed by atoms with Crippen molar-refractivity contribution in [1.82, 2.24) is 0 Å². The molecule has 1 N–H and O–H groups in total. The normalized spacial score (nSPS) is 11.7. The third-order valence-corrected chi connectivity index (χ3v) is 2.30. The molecular formula is C12H13NO5. The number of aliphatic hydroxyl groups excluding tert-OH is 1. The van der Waals surface area contributed by atoms with Gasteiger partial charge in [-0.05, 0) is 13.0 Å². The van der Waals surface area contributed by atoms with E-state index < -0.39 is 17.0 Å². The molecule has 96 valence electrons. The van der Waals surface area contributed by atoms with E-state index in [2.05, 4.69) is 11.3 Å². The Morgan fingerprint density at radius 3 is 2.72 bits per heavy atom. The van der Waals surface area contributed by atoms with Gasteiger partial charge >= 0.3 is 5.97 Å². The first kappa shape index (κ1) is 13.9. The van der Waals surface area contributed by atoms with E-state index in [0.717, 1.165) is 0 Å². The van der Waals surface area contributed by atoms with Gasteiger partial charge in [0.25, 0.3) is 5.69 Å². The summed E-state index contributed by atoms with van der Waals surface area (Å²) in [7, 11) is 0. The maximum atomic E-state index is 11.4. The maximum absolute atomic E-state index is 11.4. The fraction of sp³-hybridized carbons (Fsp3) is 0.250. The van der Waals surface area contributed by atoms with Gasteiger partial charge in [-0.15, -0.1) is 0 Å². The molecular weight excluding hydrogens is 238 g/mol. The van der Waals surface area contributed by atoms with Crippen LogP contribution in [0.5, 0.6) is 0 Å². The van der Waals surface area contributed by atoms with Crippen molar-refractivity contribution in [2.75, 3.05) is 6.61 Å². The highest BCUT2D eigenvalue weighted by Crippen LogP contribution is 2.29. The van der Waals surface area contributed by atoms with Crippen LogP contribution in [0.2, 0.25) is 0 Å². The molecule has 0 aliphatic carbocycles. The van der Waals surface area contributed by atoms with Crippen molar-refractivity contribution >= 4 is 11.7 Å². The molecule has 0 amide bonds. The number of esters is 1. The summed E-state index contributed by atoms with van der Waals surface area (Å²) in [5, 5.41) is 20.7. The van der Waals surface area contributed by atoms with E-state index in [-0.39, 0.29) is 23.4 Å². The number of para-hydroxylation sites is 1. The Bertz CT molecular complexity index is 483. The lowest BCUT2D eigenvalue weighted by molar-refractivity contribution is -0.386. The number of nitrogens with zero attached hydrogens (tertiary/aromatic N) is 1. The largest absolute Gasteiger partial charge is 0.463 e. The van der Waals surface area contributed by atoms with Crippen LogP contribution in [-0.2, 0) is 9.53 Å². The minimum Gasteiger partial charge on any atom is -0.463 e. The number of hydrogen-bond donors (Lipinski definition) is 1. The quantitative estimate of drug-likeness (QED) is 0.372. The second kappa shape index (κ2) is 5.92. The van der Waals surface area contributed by atoms with E-state index in [1.165, 1.54) is 24.3 Å². The number of hydrogen-bond acceptors (Lipinski definition) is 5. The minimum atomic E-state index is -1.45. The summed E-state index contributed by atoms with van der Waals surface area (Å²) < 4.78 is 4.68. The van der Waals surface area contributed by atoms with E-state index in [9.17, 15) is 20.0 Å². The Kier molecular flexibility index (Phi) is 4.56. The topological polar surface area (TPSA) is 89.7 Å². The molecule has 1 rings (SSSR count). The van der Waals surface area contributed by atoms with Gasteiger partial charge in [-0.25, -0.2) is 4.79 Å². The summed E-state index contributed by atoms with van der Waals surface area (Å²) in [6, 6.07) is 5.62. The van der Waals surface area contributed by atoms with Crippen LogP contribution in [0.4, 0.5) is 5.69 Å². The van der Waals surface area contributed by atoms with Crippen LogP contribution < -0.4 is 0 Å². The van der Waals surface area contributed by atoms with Gasteiger partial charge in [-0.2, -0.15) is 0 Å². The molecule has 0 spiro atoms. The van der Waals surface area contributed by atoms with Crippen LogP contribution >= 0.6 is 0 Å². The van der Waals surface area contributed by atoms with Crippen molar-refractivity contribution in [3.8, 4) is 0 Å². The summed E-state index contributed by atoms with van der Waals surface area (Å²) >= 11 is 0. The number of rotatable bonds is 5. The lowest BCUT2D eigenvalue weighted by Gasteiger charge is -2.13. The molecule has 0 bridgehead atoms. The Balaban J connectivity index is 3.04. The molecule has 0 heterocycles. The fourth-order valence-electron chi connectivity index (χ4n) is 1.41. The summed E-state index contributed by atoms with van der Waals surface area (Å²) in [6.07, 6.45) is -1.45. The Morgan fingerprint density at radius 1 is 1.56 bits per heavy atom. The molecule has 1 aromatic rings. The molecule has 1 atom stereocenters. The fourth-order valence-corrected chi connectivity index (χ4v) is 1.41. The summed E-state index contributed by atoms with van der Waals surface area (Å²) in [4.78, 5) is 21.6. The number of nitro benzene ring substituents is 1. The molecule has 0 radical (unpaired) electrons. The number of carbonyl (C=O) groups is 1. The van der Waals surface area contributed by atoms with Crippen LogP contribution in [0, 0.1) is 10.1 Å². The van der Waals surface area contributed by atoms with Crippen LogP contribution in [-0.4, -0.2) is 22.6 Å². The Labute approximate surface area is 104 Å². The molecule has 18 heavy (non-hydrogen) atoms. The summed E-state index contributed by atoms with van der Waals surface area (Å²) in [5.41, 5.74) is -0.484. The van der Waals surface area contributed by atoms with E-state index in [1.807, 2.05) is 0 Å². The smallest absolute Gasteiger partial charge is 0.336 e. The van der Waals surface area contributed by atoms with Crippen molar-refractivity contribution in [2.45, 2.75) is 13.0 Å². The molecule has 0 aliphatic rings. The molecule has 0 fully saturated rings. The average Bonchev–Trinajstić information content (AvgIpc) is 2.37. The average molecular weight is 251 g/mol. The molecule has 0 unspecified atom stereocenters. The third kappa shape index (κ3) is 2.92. The zero-order valence-electron chi connectivity index (χ0n) is 9.83. The van der Waals surface area contributed by atoms with E-state index >= 15 is 0 Å². The van der Waals surface area contributed by atoms with Crippen molar-refractivity contribution in [3.05, 3.63) is 52.1 Å². The number of ether oxygens (including phenoxy) is 1. The summed E-state index contributed by atoms with van der Waals surface area (Å²) in [6.45, 7) is 5.16. The van der Waals surface area contributed by atoms with Crippen molar-refractivity contribution in [3.63, 3.8) is 0 Å². The number of benzene rings is 1. The molecule has 6 nitrogen and oxygen atoms in total. The third-order valence-electron chi connectivity index (χ3n) is 2.30. The predicted octanol–water partition coefficient (Wildman–Crippen LogP) is 1.75. The molecule has 0 aromatic heterocycles. The highest BCUT2D eigenvalue weighted by atomic mass is 16.6. The van der Waals surface area contributed by atoms with Gasteiger partial charge in [0.05, 0.1) is 22.7 Å². The molecule has 0 saturated heterocycles. The number of carbonyl (C=O) groups excluding carboxylic acids is 1. The van der Waals surface area contributed by atoms with Gasteiger partial charge in [-0.3, -0.25) is 10.1 Å². The monoisotopic (exact) mass is 251 g/mol. The highest BCUT2D eigenvalue weighted by Gasteiger charge is 2.25. The van der Waals surface area contributed by atoms with Crippen LogP contribution in [0.3, 0.4) is 0 Å². The van der Waals surface area contributed by atoms with Crippen molar-refractivity contribution < 1.29 is 19.6 Å². The Morgan fingerprint density at radius 2 is 2.17 bits per heavy atom. The first-order valence-corrected chi connectivity index (χ1v) is 5.26. The lowest BCUT2D eigenvalue weighted by Crippen LogP contribution is -2.14. The minimum absolute atomic E-state index is 0.0144. The predicted molar refractivity (Wildman–Crippen MR) is 63.8 cm³/mol. The first-order valence-electron chi connectivity index (χ1n) is 5.26. The van der Waals surface area contributed by atoms with Gasteiger partial charge in [0.15, 0.2) is 0 Å². The van der Waals surface area contributed by atoms with E-state index in [4.69, 9.17) is 0 Å². The molecule has 6 heteroatoms. The van der Waals surface area contributed by atoms with Gasteiger partial charge in [0.2, 0.25) is 0 Å². The number of aliphatic hydroxyl groups is 1. The molecule has 1 aromatic carbocycles. The zero-order chi connectivity index (χ0) is 13.7. The van der Waals surface area contributed by atoms with Crippen molar-refractivity contribution in [1.29, 1.82) is 0 Å².